The summed E-state index contributed by atoms with van der Waals surface area (Å²) in [4.78, 5) is 0. The van der Waals surface area contributed by atoms with Crippen molar-refractivity contribution in [1.82, 2.24) is 9.78 Å². The lowest BCUT2D eigenvalue weighted by Gasteiger charge is -2.18. The van der Waals surface area contributed by atoms with Crippen molar-refractivity contribution in [3.05, 3.63) is 16.4 Å². The van der Waals surface area contributed by atoms with Crippen LogP contribution in [-0.2, 0) is 16.0 Å². The third kappa shape index (κ3) is 5.20. The molecule has 0 aliphatic carbocycles. The van der Waals surface area contributed by atoms with E-state index in [1.807, 2.05) is 0 Å². The van der Waals surface area contributed by atoms with Crippen molar-refractivity contribution in [3.63, 3.8) is 0 Å². The molecule has 0 spiro atoms. The zero-order valence-corrected chi connectivity index (χ0v) is 12.7. The number of ether oxygens (including phenoxy) is 2. The summed E-state index contributed by atoms with van der Waals surface area (Å²) >= 11 is 3.16. The Morgan fingerprint density at radius 3 is 2.71 bits per heavy atom. The molecule has 1 aromatic heterocycles. The van der Waals surface area contributed by atoms with Gasteiger partial charge in [0.1, 0.15) is 12.7 Å². The first-order valence-corrected chi connectivity index (χ1v) is 6.70. The summed E-state index contributed by atoms with van der Waals surface area (Å²) in [7, 11) is 1.49. The molecule has 1 heterocycles. The highest BCUT2D eigenvalue weighted by Crippen LogP contribution is 2.26. The topological polar surface area (TPSA) is 56.5 Å². The predicted molar refractivity (Wildman–Crippen MR) is 68.5 cm³/mol. The van der Waals surface area contributed by atoms with Gasteiger partial charge in [0.05, 0.1) is 36.1 Å². The highest BCUT2D eigenvalue weighted by Gasteiger charge is 2.41. The molecule has 0 aliphatic rings. The average Bonchev–Trinajstić information content (AvgIpc) is 2.77. The molecule has 0 radical (unpaired) electrons. The van der Waals surface area contributed by atoms with Crippen LogP contribution in [-0.4, -0.2) is 54.2 Å². The van der Waals surface area contributed by atoms with E-state index < -0.39 is 31.7 Å². The molecule has 1 N–H and O–H groups in total. The first-order chi connectivity index (χ1) is 9.79. The van der Waals surface area contributed by atoms with Crippen LogP contribution in [0.5, 0.6) is 0 Å². The predicted octanol–water partition coefficient (Wildman–Crippen LogP) is 2.24. The first-order valence-electron chi connectivity index (χ1n) is 5.91. The van der Waals surface area contributed by atoms with Gasteiger partial charge in [-0.2, -0.15) is 13.9 Å². The molecule has 122 valence electrons. The van der Waals surface area contributed by atoms with Crippen molar-refractivity contribution in [2.24, 2.45) is 0 Å². The number of aliphatic hydroxyl groups excluding tert-OH is 1. The molecule has 0 amide bonds. The number of hydrogen-bond acceptors (Lipinski definition) is 4. The van der Waals surface area contributed by atoms with E-state index in [1.165, 1.54) is 18.0 Å². The maximum absolute atomic E-state index is 12.7. The molecule has 1 rings (SSSR count). The summed E-state index contributed by atoms with van der Waals surface area (Å²) in [6.45, 7) is -1.36. The van der Waals surface area contributed by atoms with Crippen LogP contribution in [0.4, 0.5) is 17.6 Å². The molecule has 0 aliphatic heterocycles. The fraction of sp³-hybridized carbons (Fsp3) is 0.727. The minimum Gasteiger partial charge on any atom is -0.384 e. The Morgan fingerprint density at radius 1 is 1.48 bits per heavy atom. The molecule has 5 nitrogen and oxygen atoms in total. The van der Waals surface area contributed by atoms with E-state index in [2.05, 4.69) is 25.8 Å². The van der Waals surface area contributed by atoms with E-state index in [9.17, 15) is 22.7 Å². The summed E-state index contributed by atoms with van der Waals surface area (Å²) < 4.78 is 60.4. The minimum absolute atomic E-state index is 0.299. The third-order valence-electron chi connectivity index (χ3n) is 2.55. The number of rotatable bonds is 9. The van der Waals surface area contributed by atoms with Gasteiger partial charge in [0.2, 0.25) is 0 Å². The van der Waals surface area contributed by atoms with Gasteiger partial charge < -0.3 is 14.6 Å². The van der Waals surface area contributed by atoms with Crippen LogP contribution >= 0.6 is 15.9 Å². The number of alkyl halides is 4. The SMILES string of the molecule is COCCn1ncc(Br)c1C(O)COCC(F)(F)C(F)F. The molecule has 0 bridgehead atoms. The van der Waals surface area contributed by atoms with Crippen molar-refractivity contribution >= 4 is 15.9 Å². The fourth-order valence-electron chi connectivity index (χ4n) is 1.51. The lowest BCUT2D eigenvalue weighted by Crippen LogP contribution is -2.33. The van der Waals surface area contributed by atoms with Gasteiger partial charge in [0.15, 0.2) is 0 Å². The van der Waals surface area contributed by atoms with Gasteiger partial charge in [-0.25, -0.2) is 8.78 Å². The van der Waals surface area contributed by atoms with Gasteiger partial charge in [0.25, 0.3) is 0 Å². The van der Waals surface area contributed by atoms with E-state index in [-0.39, 0.29) is 0 Å². The van der Waals surface area contributed by atoms with E-state index in [1.54, 1.807) is 0 Å². The monoisotopic (exact) mass is 378 g/mol. The lowest BCUT2D eigenvalue weighted by molar-refractivity contribution is -0.171. The maximum atomic E-state index is 12.7. The van der Waals surface area contributed by atoms with E-state index in [0.717, 1.165) is 0 Å². The van der Waals surface area contributed by atoms with Crippen LogP contribution < -0.4 is 0 Å². The second-order valence-electron chi connectivity index (χ2n) is 4.19. The van der Waals surface area contributed by atoms with E-state index in [0.29, 0.717) is 23.3 Å². The quantitative estimate of drug-likeness (QED) is 0.669. The van der Waals surface area contributed by atoms with Crippen LogP contribution in [0.3, 0.4) is 0 Å². The largest absolute Gasteiger partial charge is 0.384 e. The van der Waals surface area contributed by atoms with E-state index >= 15 is 0 Å². The fourth-order valence-corrected chi connectivity index (χ4v) is 2.07. The zero-order chi connectivity index (χ0) is 16.0. The summed E-state index contributed by atoms with van der Waals surface area (Å²) in [6, 6.07) is 0. The first kappa shape index (κ1) is 18.3. The lowest BCUT2D eigenvalue weighted by atomic mass is 10.2. The van der Waals surface area contributed by atoms with Crippen LogP contribution in [0.1, 0.15) is 11.8 Å². The summed E-state index contributed by atoms with van der Waals surface area (Å²) in [5, 5.41) is 13.9. The second kappa shape index (κ2) is 8.06. The Balaban J connectivity index is 2.59. The molecule has 0 saturated heterocycles. The Morgan fingerprint density at radius 2 is 2.14 bits per heavy atom. The smallest absolute Gasteiger partial charge is 0.330 e. The zero-order valence-electron chi connectivity index (χ0n) is 11.1. The number of aromatic nitrogens is 2. The van der Waals surface area contributed by atoms with Gasteiger partial charge in [-0.05, 0) is 15.9 Å². The second-order valence-corrected chi connectivity index (χ2v) is 5.04. The molecule has 0 fully saturated rings. The van der Waals surface area contributed by atoms with Crippen LogP contribution in [0, 0.1) is 0 Å². The summed E-state index contributed by atoms with van der Waals surface area (Å²) in [5.41, 5.74) is 0.299. The van der Waals surface area contributed by atoms with Crippen molar-refractivity contribution < 1.29 is 32.1 Å². The Hall–Kier alpha value is -0.710. The molecule has 10 heteroatoms. The van der Waals surface area contributed by atoms with Crippen LogP contribution in [0.15, 0.2) is 10.7 Å². The molecule has 1 unspecified atom stereocenters. The Labute approximate surface area is 127 Å². The third-order valence-corrected chi connectivity index (χ3v) is 3.16. The summed E-state index contributed by atoms with van der Waals surface area (Å²) in [6.07, 6.45) is -3.68. The number of nitrogens with zero attached hydrogens (tertiary/aromatic N) is 2. The van der Waals surface area contributed by atoms with E-state index in [4.69, 9.17) is 4.74 Å². The standard InChI is InChI=1S/C11H15BrF4N2O3/c1-20-3-2-18-9(7(12)4-17-18)8(19)5-21-6-11(15,16)10(13)14/h4,8,10,19H,2-3,5-6H2,1H3. The number of hydrogen-bond donors (Lipinski definition) is 1. The molecule has 0 saturated carbocycles. The van der Waals surface area contributed by atoms with Crippen LogP contribution in [0.2, 0.25) is 0 Å². The average molecular weight is 379 g/mol. The molecule has 0 aromatic carbocycles. The van der Waals surface area contributed by atoms with Crippen molar-refractivity contribution in [2.75, 3.05) is 26.9 Å². The molecule has 1 aromatic rings. The number of halogens is 5. The number of aliphatic hydroxyl groups is 1. The summed E-state index contributed by atoms with van der Waals surface area (Å²) in [5.74, 6) is -4.24. The number of methoxy groups -OCH3 is 1. The van der Waals surface area contributed by atoms with Gasteiger partial charge in [0, 0.05) is 7.11 Å². The highest BCUT2D eigenvalue weighted by atomic mass is 79.9. The maximum Gasteiger partial charge on any atom is 0.330 e. The van der Waals surface area contributed by atoms with Gasteiger partial charge in [-0.1, -0.05) is 0 Å². The molecular formula is C11H15BrF4N2O3. The van der Waals surface area contributed by atoms with Crippen molar-refractivity contribution in [2.45, 2.75) is 25.0 Å². The molecular weight excluding hydrogens is 364 g/mol. The molecule has 21 heavy (non-hydrogen) atoms. The highest BCUT2D eigenvalue weighted by molar-refractivity contribution is 9.10. The molecule has 1 atom stereocenters. The normalized spacial score (nSPS) is 13.9. The van der Waals surface area contributed by atoms with Crippen molar-refractivity contribution in [1.29, 1.82) is 0 Å². The Bertz CT molecular complexity index is 445. The van der Waals surface area contributed by atoms with Crippen LogP contribution in [0.25, 0.3) is 0 Å². The van der Waals surface area contributed by atoms with Gasteiger partial charge in [-0.3, -0.25) is 4.68 Å². The van der Waals surface area contributed by atoms with Gasteiger partial charge >= 0.3 is 12.3 Å². The minimum atomic E-state index is -4.24. The Kier molecular flexibility index (Phi) is 7.04. The van der Waals surface area contributed by atoms with Crippen molar-refractivity contribution in [3.8, 4) is 0 Å². The van der Waals surface area contributed by atoms with Gasteiger partial charge in [-0.15, -0.1) is 0 Å².